The number of benzene rings is 1. The molecule has 0 aliphatic heterocycles. The second kappa shape index (κ2) is 25.8. The van der Waals surface area contributed by atoms with Crippen molar-refractivity contribution in [2.45, 2.75) is 104 Å². The van der Waals surface area contributed by atoms with Crippen LogP contribution in [0.2, 0.25) is 0 Å². The van der Waals surface area contributed by atoms with E-state index in [4.69, 9.17) is 11.5 Å². The maximum absolute atomic E-state index is 13.6. The van der Waals surface area contributed by atoms with E-state index in [-0.39, 0.29) is 37.5 Å². The first-order valence-corrected chi connectivity index (χ1v) is 19.2. The number of aliphatic carboxylic acids is 1. The number of carboxylic acid groups (broad SMARTS) is 1. The fraction of sp³-hybridized carbons (Fsp3) is 0.538. The molecule has 20 nitrogen and oxygen atoms in total. The van der Waals surface area contributed by atoms with Crippen molar-refractivity contribution in [2.24, 2.45) is 29.2 Å². The zero-order valence-electron chi connectivity index (χ0n) is 34.3. The number of carbonyl (C=O) groups excluding carboxylic acids is 9. The molecular formula is C39H59N9O11. The summed E-state index contributed by atoms with van der Waals surface area (Å²) in [5.74, 6) is -9.37. The molecule has 9 amide bonds. The molecule has 0 spiro atoms. The quantitative estimate of drug-likeness (QED) is 0.0457. The van der Waals surface area contributed by atoms with Gasteiger partial charge in [-0.3, -0.25) is 43.2 Å². The van der Waals surface area contributed by atoms with E-state index in [0.717, 1.165) is 12.2 Å². The van der Waals surface area contributed by atoms with Gasteiger partial charge >= 0.3 is 5.97 Å². The van der Waals surface area contributed by atoms with Crippen molar-refractivity contribution in [1.82, 2.24) is 37.2 Å². The van der Waals surface area contributed by atoms with E-state index in [0.29, 0.717) is 12.0 Å². The lowest BCUT2D eigenvalue weighted by molar-refractivity contribution is -0.141. The van der Waals surface area contributed by atoms with E-state index in [1.165, 1.54) is 0 Å². The average Bonchev–Trinajstić information content (AvgIpc) is 3.16. The van der Waals surface area contributed by atoms with Crippen molar-refractivity contribution in [3.63, 3.8) is 0 Å². The number of amides is 9. The van der Waals surface area contributed by atoms with Crippen LogP contribution >= 0.6 is 0 Å². The van der Waals surface area contributed by atoms with Crippen LogP contribution in [0.3, 0.4) is 0 Å². The molecule has 0 saturated carbocycles. The summed E-state index contributed by atoms with van der Waals surface area (Å²) in [5.41, 5.74) is 11.4. The van der Waals surface area contributed by atoms with Gasteiger partial charge in [-0.05, 0) is 36.2 Å². The minimum atomic E-state index is -1.41. The summed E-state index contributed by atoms with van der Waals surface area (Å²) in [6.45, 7) is 9.30. The van der Waals surface area contributed by atoms with Crippen molar-refractivity contribution in [3.05, 3.63) is 48.0 Å². The maximum Gasteiger partial charge on any atom is 0.326 e. The first-order valence-electron chi connectivity index (χ1n) is 19.2. The molecule has 0 unspecified atom stereocenters. The predicted octanol–water partition coefficient (Wildman–Crippen LogP) is -1.97. The lowest BCUT2D eigenvalue weighted by atomic mass is 9.95. The number of carboxylic acids is 1. The Morgan fingerprint density at radius 2 is 1.24 bits per heavy atom. The monoisotopic (exact) mass is 829 g/mol. The second-order valence-corrected chi connectivity index (χ2v) is 14.7. The predicted molar refractivity (Wildman–Crippen MR) is 214 cm³/mol. The van der Waals surface area contributed by atoms with Crippen LogP contribution in [0.15, 0.2) is 42.5 Å². The molecule has 0 saturated heterocycles. The van der Waals surface area contributed by atoms with Gasteiger partial charge in [0.05, 0.1) is 13.1 Å². The van der Waals surface area contributed by atoms with Crippen molar-refractivity contribution < 1.29 is 53.1 Å². The molecule has 0 heterocycles. The third kappa shape index (κ3) is 20.1. The molecule has 0 fully saturated rings. The fourth-order valence-electron chi connectivity index (χ4n) is 5.43. The fourth-order valence-corrected chi connectivity index (χ4v) is 5.43. The van der Waals surface area contributed by atoms with E-state index < -0.39 is 108 Å². The van der Waals surface area contributed by atoms with Gasteiger partial charge in [-0.1, -0.05) is 78.3 Å². The van der Waals surface area contributed by atoms with E-state index in [1.54, 1.807) is 58.0 Å². The number of rotatable bonds is 26. The van der Waals surface area contributed by atoms with Crippen molar-refractivity contribution in [3.8, 4) is 0 Å². The zero-order chi connectivity index (χ0) is 44.8. The highest BCUT2D eigenvalue weighted by Crippen LogP contribution is 2.13. The highest BCUT2D eigenvalue weighted by molar-refractivity contribution is 6.00. The molecular weight excluding hydrogens is 770 g/mol. The first-order chi connectivity index (χ1) is 27.6. The van der Waals surface area contributed by atoms with Gasteiger partial charge in [-0.15, -0.1) is 0 Å². The molecule has 0 aromatic heterocycles. The summed E-state index contributed by atoms with van der Waals surface area (Å²) in [6, 6.07) is 2.63. The molecule has 59 heavy (non-hydrogen) atoms. The summed E-state index contributed by atoms with van der Waals surface area (Å²) >= 11 is 0. The second-order valence-electron chi connectivity index (χ2n) is 14.7. The highest BCUT2D eigenvalue weighted by atomic mass is 16.4. The Balaban J connectivity index is 2.90. The van der Waals surface area contributed by atoms with Crippen molar-refractivity contribution >= 4 is 59.1 Å². The summed E-state index contributed by atoms with van der Waals surface area (Å²) in [6.07, 6.45) is 1.50. The van der Waals surface area contributed by atoms with Crippen LogP contribution in [0.1, 0.15) is 72.8 Å². The highest BCUT2D eigenvalue weighted by Gasteiger charge is 2.34. The van der Waals surface area contributed by atoms with Crippen LogP contribution < -0.4 is 48.7 Å². The molecule has 0 bridgehead atoms. The summed E-state index contributed by atoms with van der Waals surface area (Å²) in [5, 5.41) is 26.4. The van der Waals surface area contributed by atoms with Crippen LogP contribution in [0.4, 0.5) is 0 Å². The van der Waals surface area contributed by atoms with Crippen LogP contribution in [0.5, 0.6) is 0 Å². The lowest BCUT2D eigenvalue weighted by Gasteiger charge is -2.29. The van der Waals surface area contributed by atoms with Crippen molar-refractivity contribution in [1.29, 1.82) is 0 Å². The average molecular weight is 830 g/mol. The van der Waals surface area contributed by atoms with Gasteiger partial charge in [0, 0.05) is 25.0 Å². The van der Waals surface area contributed by atoms with Gasteiger partial charge in [0.15, 0.2) is 0 Å². The number of hydrogen-bond donors (Lipinski definition) is 10. The molecule has 0 aliphatic carbocycles. The third-order valence-electron chi connectivity index (χ3n) is 8.89. The third-order valence-corrected chi connectivity index (χ3v) is 8.89. The number of primary amides is 2. The normalized spacial score (nSPS) is 14.1. The number of carbonyl (C=O) groups is 10. The van der Waals surface area contributed by atoms with Gasteiger partial charge in [0.2, 0.25) is 53.2 Å². The van der Waals surface area contributed by atoms with Crippen LogP contribution in [-0.4, -0.2) is 108 Å². The van der Waals surface area contributed by atoms with Crippen LogP contribution in [0, 0.1) is 17.8 Å². The summed E-state index contributed by atoms with van der Waals surface area (Å²) in [7, 11) is 0. The summed E-state index contributed by atoms with van der Waals surface area (Å²) < 4.78 is 0. The molecule has 1 aromatic carbocycles. The minimum absolute atomic E-state index is 0.0131. The Hall–Kier alpha value is -6.34. The van der Waals surface area contributed by atoms with Crippen LogP contribution in [-0.2, 0) is 54.4 Å². The summed E-state index contributed by atoms with van der Waals surface area (Å²) in [4.78, 5) is 125. The number of nitrogens with one attached hydrogen (secondary N) is 7. The molecule has 326 valence electrons. The van der Waals surface area contributed by atoms with Gasteiger partial charge in [0.25, 0.3) is 0 Å². The maximum atomic E-state index is 13.6. The standard InChI is InChI=1S/C39H59N9O11/c1-7-23(6)34(38(57)46-26(17-21(2)3)37(56)47-33(22(4)5)35(41)54)48-36(55)25(13-14-28(40)49)44-30(51)16-15-29(50)42-19-31(52)43-20-32(53)45-27(39(58)59)18-24-11-9-8-10-12-24/h8-12,15-16,21-23,25-27,33-34H,7,13-14,17-20H2,1-6H3,(H2,40,49)(H2,41,54)(H,42,50)(H,43,52)(H,44,51)(H,45,53)(H,46,57)(H,47,56)(H,48,55)(H,58,59)/b16-15+/t23-,25-,26-,27-,33-,34-/m0/s1. The Kier molecular flexibility index (Phi) is 22.2. The number of nitrogens with two attached hydrogens (primary N) is 2. The number of hydrogen-bond acceptors (Lipinski definition) is 10. The van der Waals surface area contributed by atoms with Gasteiger partial charge in [-0.2, -0.15) is 0 Å². The molecule has 20 heteroatoms. The van der Waals surface area contributed by atoms with Gasteiger partial charge in [-0.25, -0.2) is 4.79 Å². The Bertz CT molecular complexity index is 1680. The Labute approximate surface area is 343 Å². The molecule has 0 aliphatic rings. The van der Waals surface area contributed by atoms with Crippen LogP contribution in [0.25, 0.3) is 0 Å². The van der Waals surface area contributed by atoms with E-state index in [2.05, 4.69) is 37.2 Å². The first kappa shape index (κ1) is 50.7. The topological polar surface area (TPSA) is 327 Å². The largest absolute Gasteiger partial charge is 0.480 e. The zero-order valence-corrected chi connectivity index (χ0v) is 34.3. The van der Waals surface area contributed by atoms with E-state index in [1.807, 2.05) is 13.8 Å². The Morgan fingerprint density at radius 1 is 0.661 bits per heavy atom. The van der Waals surface area contributed by atoms with Gasteiger partial charge in [0.1, 0.15) is 30.2 Å². The molecule has 12 N–H and O–H groups in total. The lowest BCUT2D eigenvalue weighted by Crippen LogP contribution is -2.60. The Morgan fingerprint density at radius 3 is 1.78 bits per heavy atom. The van der Waals surface area contributed by atoms with E-state index in [9.17, 15) is 53.1 Å². The molecule has 0 radical (unpaired) electrons. The van der Waals surface area contributed by atoms with E-state index >= 15 is 0 Å². The smallest absolute Gasteiger partial charge is 0.326 e. The molecule has 1 aromatic rings. The molecule has 6 atom stereocenters. The van der Waals surface area contributed by atoms with Crippen molar-refractivity contribution in [2.75, 3.05) is 13.1 Å². The molecule has 1 rings (SSSR count). The SMILES string of the molecule is CC[C@H](C)[C@H](NC(=O)[C@H](CCC(N)=O)NC(=O)/C=C/C(=O)NCC(=O)NCC(=O)N[C@@H](Cc1ccccc1)C(=O)O)C(=O)N[C@@H](CC(C)C)C(=O)N[C@H](C(N)=O)C(C)C. The van der Waals surface area contributed by atoms with Gasteiger partial charge < -0.3 is 53.8 Å². The minimum Gasteiger partial charge on any atom is -0.480 e.